The van der Waals surface area contributed by atoms with Crippen molar-refractivity contribution >= 4 is 0 Å². The quantitative estimate of drug-likeness (QED) is 0.740. The molecule has 0 aliphatic carbocycles. The maximum absolute atomic E-state index is 5.62. The summed E-state index contributed by atoms with van der Waals surface area (Å²) in [6.07, 6.45) is 0. The van der Waals surface area contributed by atoms with Crippen LogP contribution in [0.25, 0.3) is 0 Å². The predicted octanol–water partition coefficient (Wildman–Crippen LogP) is 1.13. The van der Waals surface area contributed by atoms with E-state index >= 15 is 0 Å². The number of nitrogens with two attached hydrogens (primary N) is 1. The molecular formula is C10H13NO2. The van der Waals surface area contributed by atoms with Crippen molar-refractivity contribution in [3.63, 3.8) is 0 Å². The molecule has 0 spiro atoms. The second kappa shape index (κ2) is 3.26. The van der Waals surface area contributed by atoms with E-state index < -0.39 is 0 Å². The van der Waals surface area contributed by atoms with E-state index in [1.165, 1.54) is 5.56 Å². The zero-order valence-electron chi connectivity index (χ0n) is 7.62. The van der Waals surface area contributed by atoms with Gasteiger partial charge in [0.1, 0.15) is 11.5 Å². The average molecular weight is 179 g/mol. The SMILES string of the molecule is COc1ccc2c(c1)C(CN)CO2. The van der Waals surface area contributed by atoms with Gasteiger partial charge in [0, 0.05) is 18.0 Å². The summed E-state index contributed by atoms with van der Waals surface area (Å²) in [5, 5.41) is 0. The van der Waals surface area contributed by atoms with Crippen LogP contribution in [0.5, 0.6) is 11.5 Å². The van der Waals surface area contributed by atoms with Crippen molar-refractivity contribution in [2.45, 2.75) is 5.92 Å². The summed E-state index contributed by atoms with van der Waals surface area (Å²) in [4.78, 5) is 0. The molecule has 0 aromatic heterocycles. The summed E-state index contributed by atoms with van der Waals surface area (Å²) >= 11 is 0. The summed E-state index contributed by atoms with van der Waals surface area (Å²) in [5.74, 6) is 2.13. The zero-order valence-corrected chi connectivity index (χ0v) is 7.62. The molecule has 1 unspecified atom stereocenters. The first-order valence-corrected chi connectivity index (χ1v) is 4.36. The molecule has 70 valence electrons. The number of ether oxygens (including phenoxy) is 2. The summed E-state index contributed by atoms with van der Waals surface area (Å²) in [5.41, 5.74) is 6.79. The van der Waals surface area contributed by atoms with Crippen LogP contribution < -0.4 is 15.2 Å². The van der Waals surface area contributed by atoms with Gasteiger partial charge in [-0.25, -0.2) is 0 Å². The largest absolute Gasteiger partial charge is 0.497 e. The molecule has 3 nitrogen and oxygen atoms in total. The second-order valence-corrected chi connectivity index (χ2v) is 3.15. The van der Waals surface area contributed by atoms with Crippen LogP contribution in [0.1, 0.15) is 11.5 Å². The van der Waals surface area contributed by atoms with Crippen molar-refractivity contribution in [3.8, 4) is 11.5 Å². The molecule has 0 fully saturated rings. The van der Waals surface area contributed by atoms with Gasteiger partial charge in [-0.05, 0) is 18.2 Å². The third kappa shape index (κ3) is 1.35. The first-order valence-electron chi connectivity index (χ1n) is 4.36. The maximum atomic E-state index is 5.62. The van der Waals surface area contributed by atoms with Crippen LogP contribution in [0.15, 0.2) is 18.2 Å². The number of hydrogen-bond donors (Lipinski definition) is 1. The molecular weight excluding hydrogens is 166 g/mol. The van der Waals surface area contributed by atoms with Crippen LogP contribution in [0, 0.1) is 0 Å². The Hall–Kier alpha value is -1.22. The first-order chi connectivity index (χ1) is 6.35. The Balaban J connectivity index is 2.37. The second-order valence-electron chi connectivity index (χ2n) is 3.15. The van der Waals surface area contributed by atoms with Gasteiger partial charge in [0.15, 0.2) is 0 Å². The van der Waals surface area contributed by atoms with Gasteiger partial charge in [-0.2, -0.15) is 0 Å². The van der Waals surface area contributed by atoms with Gasteiger partial charge in [0.25, 0.3) is 0 Å². The molecule has 1 atom stereocenters. The molecule has 0 amide bonds. The van der Waals surface area contributed by atoms with Crippen molar-refractivity contribution in [1.29, 1.82) is 0 Å². The van der Waals surface area contributed by atoms with Crippen LogP contribution in [0.2, 0.25) is 0 Å². The fourth-order valence-electron chi connectivity index (χ4n) is 1.58. The normalized spacial score (nSPS) is 19.4. The van der Waals surface area contributed by atoms with Crippen LogP contribution >= 0.6 is 0 Å². The monoisotopic (exact) mass is 179 g/mol. The fraction of sp³-hybridized carbons (Fsp3) is 0.400. The molecule has 1 aromatic rings. The van der Waals surface area contributed by atoms with Gasteiger partial charge in [0.2, 0.25) is 0 Å². The molecule has 1 aliphatic rings. The molecule has 0 radical (unpaired) electrons. The lowest BCUT2D eigenvalue weighted by Crippen LogP contribution is -2.13. The standard InChI is InChI=1S/C10H13NO2/c1-12-8-2-3-10-9(4-8)7(5-11)6-13-10/h2-4,7H,5-6,11H2,1H3. The third-order valence-corrected chi connectivity index (χ3v) is 2.38. The Morgan fingerprint density at radius 3 is 3.15 bits per heavy atom. The molecule has 13 heavy (non-hydrogen) atoms. The Bertz CT molecular complexity index is 312. The first kappa shape index (κ1) is 8.38. The number of rotatable bonds is 2. The van der Waals surface area contributed by atoms with E-state index in [0.717, 1.165) is 11.5 Å². The van der Waals surface area contributed by atoms with Crippen LogP contribution in [-0.2, 0) is 0 Å². The third-order valence-electron chi connectivity index (χ3n) is 2.38. The highest BCUT2D eigenvalue weighted by atomic mass is 16.5. The van der Waals surface area contributed by atoms with Gasteiger partial charge in [-0.3, -0.25) is 0 Å². The van der Waals surface area contributed by atoms with E-state index in [-0.39, 0.29) is 0 Å². The molecule has 1 heterocycles. The van der Waals surface area contributed by atoms with E-state index in [2.05, 4.69) is 0 Å². The zero-order chi connectivity index (χ0) is 9.26. The van der Waals surface area contributed by atoms with Gasteiger partial charge in [-0.1, -0.05) is 0 Å². The molecule has 1 aromatic carbocycles. The minimum Gasteiger partial charge on any atom is -0.497 e. The highest BCUT2D eigenvalue weighted by molar-refractivity contribution is 5.45. The summed E-state index contributed by atoms with van der Waals surface area (Å²) in [6.45, 7) is 1.32. The minimum atomic E-state index is 0.324. The van der Waals surface area contributed by atoms with Gasteiger partial charge >= 0.3 is 0 Å². The van der Waals surface area contributed by atoms with Crippen molar-refractivity contribution in [1.82, 2.24) is 0 Å². The number of methoxy groups -OCH3 is 1. The number of benzene rings is 1. The van der Waals surface area contributed by atoms with Crippen molar-refractivity contribution in [3.05, 3.63) is 23.8 Å². The maximum Gasteiger partial charge on any atom is 0.123 e. The lowest BCUT2D eigenvalue weighted by atomic mass is 10.0. The molecule has 0 bridgehead atoms. The number of fused-ring (bicyclic) bond motifs is 1. The summed E-state index contributed by atoms with van der Waals surface area (Å²) in [6, 6.07) is 5.83. The van der Waals surface area contributed by atoms with Crippen LogP contribution in [0.4, 0.5) is 0 Å². The fourth-order valence-corrected chi connectivity index (χ4v) is 1.58. The van der Waals surface area contributed by atoms with E-state index in [1.54, 1.807) is 7.11 Å². The van der Waals surface area contributed by atoms with Crippen molar-refractivity contribution in [2.75, 3.05) is 20.3 Å². The summed E-state index contributed by atoms with van der Waals surface area (Å²) in [7, 11) is 1.66. The van der Waals surface area contributed by atoms with Gasteiger partial charge in [-0.15, -0.1) is 0 Å². The highest BCUT2D eigenvalue weighted by Gasteiger charge is 2.22. The Kier molecular flexibility index (Phi) is 2.10. The highest BCUT2D eigenvalue weighted by Crippen LogP contribution is 2.35. The minimum absolute atomic E-state index is 0.324. The molecule has 2 N–H and O–H groups in total. The Morgan fingerprint density at radius 1 is 1.62 bits per heavy atom. The Morgan fingerprint density at radius 2 is 2.46 bits per heavy atom. The number of hydrogen-bond acceptors (Lipinski definition) is 3. The molecule has 0 saturated heterocycles. The summed E-state index contributed by atoms with van der Waals surface area (Å²) < 4.78 is 10.6. The van der Waals surface area contributed by atoms with E-state index in [4.69, 9.17) is 15.2 Å². The molecule has 2 rings (SSSR count). The average Bonchev–Trinajstić information content (AvgIpc) is 2.59. The van der Waals surface area contributed by atoms with Gasteiger partial charge < -0.3 is 15.2 Å². The van der Waals surface area contributed by atoms with Gasteiger partial charge in [0.05, 0.1) is 13.7 Å². The van der Waals surface area contributed by atoms with Crippen LogP contribution in [-0.4, -0.2) is 20.3 Å². The van der Waals surface area contributed by atoms with Crippen molar-refractivity contribution < 1.29 is 9.47 Å². The predicted molar refractivity (Wildman–Crippen MR) is 50.3 cm³/mol. The molecule has 0 saturated carbocycles. The Labute approximate surface area is 77.5 Å². The smallest absolute Gasteiger partial charge is 0.123 e. The lowest BCUT2D eigenvalue weighted by Gasteiger charge is -2.05. The van der Waals surface area contributed by atoms with E-state index in [0.29, 0.717) is 19.1 Å². The lowest BCUT2D eigenvalue weighted by molar-refractivity contribution is 0.332. The van der Waals surface area contributed by atoms with Crippen molar-refractivity contribution in [2.24, 2.45) is 5.73 Å². The van der Waals surface area contributed by atoms with Crippen LogP contribution in [0.3, 0.4) is 0 Å². The van der Waals surface area contributed by atoms with E-state index in [9.17, 15) is 0 Å². The van der Waals surface area contributed by atoms with E-state index in [1.807, 2.05) is 18.2 Å². The molecule has 3 heteroatoms. The topological polar surface area (TPSA) is 44.5 Å². The molecule has 1 aliphatic heterocycles.